The molecule has 102 heavy (non-hydrogen) atoms. The van der Waals surface area contributed by atoms with Gasteiger partial charge in [-0.15, -0.1) is 45.3 Å². The number of hydrogen-bond acceptors (Lipinski definition) is 10. The van der Waals surface area contributed by atoms with Gasteiger partial charge in [0.2, 0.25) is 0 Å². The Hall–Kier alpha value is -12.4. The molecule has 20 aromatic rings. The summed E-state index contributed by atoms with van der Waals surface area (Å²) >= 11 is 7.14. The Morgan fingerprint density at radius 2 is 0.529 bits per heavy atom. The number of rotatable bonds is 12. The molecule has 0 saturated heterocycles. The molecule has 8 heterocycles. The van der Waals surface area contributed by atoms with Gasteiger partial charge in [-0.2, -0.15) is 0 Å². The number of benzene rings is 12. The Morgan fingerprint density at radius 1 is 0.216 bits per heavy atom. The van der Waals surface area contributed by atoms with E-state index in [1.54, 1.807) is 22.7 Å². The van der Waals surface area contributed by atoms with E-state index in [0.29, 0.717) is 34.9 Å². The third-order valence-electron chi connectivity index (χ3n) is 18.6. The third-order valence-corrected chi connectivity index (χ3v) is 23.4. The SMILES string of the molecule is c1ccc(-c2ccc3c(c2)c2c(-c4cc5cc(-c6nc(-c7ccccc7)nc(-c7ccccc7)n6)sc5s4)cccc2n3-c2ccccc2)cc1.c1ccc(-c2ccc3c(c2)c2c(-c4cc5sc(-c6nc(-c7ccccc7)nc(-c7ccccc7)n6)cc5s4)cccc2n3-c2ccccc2)cc1. The number of hydrogen-bond donors (Lipinski definition) is 0. The predicted octanol–water partition coefficient (Wildman–Crippen LogP) is 25.2. The number of nitrogens with zero attached hydrogens (tertiary/aromatic N) is 8. The molecule has 0 N–H and O–H groups in total. The molecule has 0 spiro atoms. The van der Waals surface area contributed by atoms with E-state index in [1.165, 1.54) is 106 Å². The van der Waals surface area contributed by atoms with Crippen molar-refractivity contribution >= 4 is 108 Å². The van der Waals surface area contributed by atoms with Crippen LogP contribution >= 0.6 is 45.3 Å². The summed E-state index contributed by atoms with van der Waals surface area (Å²) in [7, 11) is 0. The smallest absolute Gasteiger partial charge is 0.174 e. The maximum absolute atomic E-state index is 4.98. The summed E-state index contributed by atoms with van der Waals surface area (Å²) in [6.45, 7) is 0. The fourth-order valence-corrected chi connectivity index (χ4v) is 18.7. The second-order valence-electron chi connectivity index (χ2n) is 24.9. The maximum atomic E-state index is 4.98. The predicted molar refractivity (Wildman–Crippen MR) is 429 cm³/mol. The van der Waals surface area contributed by atoms with Crippen LogP contribution in [-0.2, 0) is 0 Å². The van der Waals surface area contributed by atoms with Crippen LogP contribution in [0.5, 0.6) is 0 Å². The molecule has 0 aliphatic heterocycles. The third kappa shape index (κ3) is 11.2. The van der Waals surface area contributed by atoms with Crippen molar-refractivity contribution in [3.05, 3.63) is 340 Å². The zero-order valence-electron chi connectivity index (χ0n) is 54.5. The molecule has 0 bridgehead atoms. The maximum Gasteiger partial charge on any atom is 0.174 e. The van der Waals surface area contributed by atoms with Gasteiger partial charge in [0.05, 0.1) is 35.8 Å². The molecule has 20 rings (SSSR count). The molecular formula is C90H56N8S4. The van der Waals surface area contributed by atoms with Gasteiger partial charge in [0.15, 0.2) is 34.9 Å². The number of aromatic nitrogens is 8. The average Bonchev–Trinajstić information content (AvgIpc) is 1.58. The molecule has 12 aromatic carbocycles. The summed E-state index contributed by atoms with van der Waals surface area (Å²) in [4.78, 5) is 34.3. The van der Waals surface area contributed by atoms with Crippen LogP contribution in [0.2, 0.25) is 0 Å². The van der Waals surface area contributed by atoms with Crippen LogP contribution in [0.15, 0.2) is 340 Å². The zero-order chi connectivity index (χ0) is 67.5. The number of para-hydroxylation sites is 2. The Bertz CT molecular complexity index is 5890. The van der Waals surface area contributed by atoms with E-state index in [2.05, 4.69) is 228 Å². The first-order chi connectivity index (χ1) is 50.5. The standard InChI is InChI=1S/2C45H28N4S2/c1-5-14-29(15-6-1)32-24-25-37-36(26-32)41-35(22-13-23-38(41)49(37)34-20-11-4-12-21-34)39-27-33-28-40(51-45(33)50-39)44-47-42(30-16-7-2-8-17-30)46-43(48-44)31-18-9-3-10-19-31;1-5-14-29(15-6-1)32-24-25-36-35(26-32)42-34(22-13-23-37(42)49(36)33-20-11-4-12-21-33)38-27-39-40(50-38)28-41(51-39)45-47-43(30-16-7-2-8-17-30)46-44(48-45)31-18-9-3-10-19-31/h2*1-28H. The van der Waals surface area contributed by atoms with Crippen LogP contribution in [0, 0.1) is 0 Å². The van der Waals surface area contributed by atoms with E-state index in [0.717, 1.165) is 43.4 Å². The summed E-state index contributed by atoms with van der Waals surface area (Å²) in [6.07, 6.45) is 0. The summed E-state index contributed by atoms with van der Waals surface area (Å²) in [5.41, 5.74) is 18.3. The number of fused-ring (bicyclic) bond motifs is 8. The van der Waals surface area contributed by atoms with Crippen LogP contribution in [0.25, 0.3) is 184 Å². The molecule has 8 aromatic heterocycles. The normalized spacial score (nSPS) is 11.5. The molecule has 0 radical (unpaired) electrons. The van der Waals surface area contributed by atoms with E-state index in [1.807, 2.05) is 144 Å². The highest BCUT2D eigenvalue weighted by molar-refractivity contribution is 7.41. The molecule has 0 fully saturated rings. The molecule has 0 atom stereocenters. The lowest BCUT2D eigenvalue weighted by molar-refractivity contribution is 1.08. The first kappa shape index (κ1) is 60.7. The minimum absolute atomic E-state index is 0.674. The molecule has 0 saturated carbocycles. The van der Waals surface area contributed by atoms with Crippen LogP contribution in [0.1, 0.15) is 0 Å². The highest BCUT2D eigenvalue weighted by Crippen LogP contribution is 2.49. The Kier molecular flexibility index (Phi) is 15.5. The van der Waals surface area contributed by atoms with Crippen molar-refractivity contribution in [2.24, 2.45) is 0 Å². The van der Waals surface area contributed by atoms with Gasteiger partial charge in [-0.05, 0) is 107 Å². The van der Waals surface area contributed by atoms with Crippen molar-refractivity contribution in [1.82, 2.24) is 39.0 Å². The summed E-state index contributed by atoms with van der Waals surface area (Å²) in [6, 6.07) is 119. The molecule has 0 aliphatic rings. The Balaban J connectivity index is 0.000000141. The molecule has 480 valence electrons. The first-order valence-corrected chi connectivity index (χ1v) is 37.0. The van der Waals surface area contributed by atoms with Gasteiger partial charge in [0, 0.05) is 90.8 Å². The first-order valence-electron chi connectivity index (χ1n) is 33.7. The fourth-order valence-electron chi connectivity index (χ4n) is 13.9. The van der Waals surface area contributed by atoms with E-state index < -0.39 is 0 Å². The minimum Gasteiger partial charge on any atom is -0.309 e. The second kappa shape index (κ2) is 26.0. The number of thiophene rings is 4. The Labute approximate surface area is 603 Å². The summed E-state index contributed by atoms with van der Waals surface area (Å²) < 4.78 is 8.49. The topological polar surface area (TPSA) is 87.2 Å². The fraction of sp³-hybridized carbons (Fsp3) is 0. The lowest BCUT2D eigenvalue weighted by Crippen LogP contribution is -1.99. The largest absolute Gasteiger partial charge is 0.309 e. The van der Waals surface area contributed by atoms with Crippen molar-refractivity contribution in [3.63, 3.8) is 0 Å². The van der Waals surface area contributed by atoms with Crippen molar-refractivity contribution in [2.45, 2.75) is 0 Å². The highest BCUT2D eigenvalue weighted by atomic mass is 32.2. The molecule has 0 unspecified atom stereocenters. The van der Waals surface area contributed by atoms with Crippen LogP contribution < -0.4 is 0 Å². The van der Waals surface area contributed by atoms with Gasteiger partial charge in [-0.1, -0.05) is 255 Å². The van der Waals surface area contributed by atoms with Gasteiger partial charge in [-0.25, -0.2) is 29.9 Å². The van der Waals surface area contributed by atoms with Crippen LogP contribution in [-0.4, -0.2) is 39.0 Å². The van der Waals surface area contributed by atoms with Gasteiger partial charge in [0.1, 0.15) is 0 Å². The van der Waals surface area contributed by atoms with Gasteiger partial charge in [-0.3, -0.25) is 0 Å². The van der Waals surface area contributed by atoms with E-state index >= 15 is 0 Å². The lowest BCUT2D eigenvalue weighted by Gasteiger charge is -2.08. The minimum atomic E-state index is 0.674. The monoisotopic (exact) mass is 1380 g/mol. The molecule has 8 nitrogen and oxygen atoms in total. The van der Waals surface area contributed by atoms with Crippen LogP contribution in [0.3, 0.4) is 0 Å². The van der Waals surface area contributed by atoms with Gasteiger partial charge in [0.25, 0.3) is 0 Å². The van der Waals surface area contributed by atoms with Crippen molar-refractivity contribution in [3.8, 4) is 121 Å². The molecular weight excluding hydrogens is 1320 g/mol. The van der Waals surface area contributed by atoms with Crippen molar-refractivity contribution in [1.29, 1.82) is 0 Å². The van der Waals surface area contributed by atoms with Crippen molar-refractivity contribution in [2.75, 3.05) is 0 Å². The second-order valence-corrected chi connectivity index (χ2v) is 29.5. The summed E-state index contributed by atoms with van der Waals surface area (Å²) in [5, 5.41) is 6.22. The molecule has 0 aliphatic carbocycles. The zero-order valence-corrected chi connectivity index (χ0v) is 57.8. The van der Waals surface area contributed by atoms with Gasteiger partial charge < -0.3 is 9.13 Å². The van der Waals surface area contributed by atoms with E-state index in [-0.39, 0.29) is 0 Å². The summed E-state index contributed by atoms with van der Waals surface area (Å²) in [5.74, 6) is 4.08. The quantitative estimate of drug-likeness (QED) is 0.121. The molecule has 0 amide bonds. The average molecular weight is 1380 g/mol. The van der Waals surface area contributed by atoms with Crippen molar-refractivity contribution < 1.29 is 0 Å². The van der Waals surface area contributed by atoms with Gasteiger partial charge >= 0.3 is 0 Å². The molecule has 12 heteroatoms. The van der Waals surface area contributed by atoms with E-state index in [4.69, 9.17) is 29.9 Å². The van der Waals surface area contributed by atoms with E-state index in [9.17, 15) is 0 Å². The Morgan fingerprint density at radius 3 is 0.922 bits per heavy atom. The van der Waals surface area contributed by atoms with Crippen LogP contribution in [0.4, 0.5) is 0 Å². The lowest BCUT2D eigenvalue weighted by atomic mass is 10.0. The highest BCUT2D eigenvalue weighted by Gasteiger charge is 2.24.